The van der Waals surface area contributed by atoms with Gasteiger partial charge in [-0.1, -0.05) is 63.2 Å². The van der Waals surface area contributed by atoms with Crippen molar-refractivity contribution in [2.75, 3.05) is 26.7 Å². The molecule has 0 radical (unpaired) electrons. The van der Waals surface area contributed by atoms with E-state index in [0.717, 1.165) is 24.3 Å². The molecule has 2 aromatic rings. The van der Waals surface area contributed by atoms with Gasteiger partial charge in [0.1, 0.15) is 11.9 Å². The molecule has 2 aromatic carbocycles. The molecule has 2 rings (SSSR count). The van der Waals surface area contributed by atoms with Crippen LogP contribution in [0, 0.1) is 5.41 Å². The zero-order valence-corrected chi connectivity index (χ0v) is 18.4. The molecule has 30 heavy (non-hydrogen) atoms. The van der Waals surface area contributed by atoms with E-state index >= 15 is 0 Å². The summed E-state index contributed by atoms with van der Waals surface area (Å²) in [5.41, 5.74) is 1.81. The van der Waals surface area contributed by atoms with E-state index in [1.54, 1.807) is 7.11 Å². The second-order valence-electron chi connectivity index (χ2n) is 8.37. The van der Waals surface area contributed by atoms with Crippen molar-refractivity contribution in [2.45, 2.75) is 39.7 Å². The van der Waals surface area contributed by atoms with Gasteiger partial charge in [0.25, 0.3) is 0 Å². The number of hydrogen-bond acceptors (Lipinski definition) is 5. The van der Waals surface area contributed by atoms with Gasteiger partial charge in [-0.25, -0.2) is 4.79 Å². The van der Waals surface area contributed by atoms with Gasteiger partial charge >= 0.3 is 6.09 Å². The van der Waals surface area contributed by atoms with Crippen molar-refractivity contribution < 1.29 is 19.5 Å². The molecule has 0 fully saturated rings. The number of hydroxylamine groups is 2. The summed E-state index contributed by atoms with van der Waals surface area (Å²) < 4.78 is 10.9. The molecular formula is C24H34N2O4. The van der Waals surface area contributed by atoms with Crippen LogP contribution in [0.3, 0.4) is 0 Å². The molecule has 1 unspecified atom stereocenters. The fraction of sp³-hybridized carbons (Fsp3) is 0.458. The van der Waals surface area contributed by atoms with Crippen molar-refractivity contribution in [3.05, 3.63) is 65.7 Å². The van der Waals surface area contributed by atoms with E-state index in [2.05, 4.69) is 11.4 Å². The van der Waals surface area contributed by atoms with Crippen molar-refractivity contribution in [1.82, 2.24) is 10.4 Å². The van der Waals surface area contributed by atoms with Gasteiger partial charge in [-0.05, 0) is 49.2 Å². The van der Waals surface area contributed by atoms with Crippen LogP contribution in [0.5, 0.6) is 5.75 Å². The number of ether oxygens (including phenoxy) is 2. The van der Waals surface area contributed by atoms with Crippen molar-refractivity contribution in [2.24, 2.45) is 5.41 Å². The van der Waals surface area contributed by atoms with Crippen LogP contribution in [0.15, 0.2) is 54.6 Å². The van der Waals surface area contributed by atoms with E-state index in [-0.39, 0.29) is 12.0 Å². The van der Waals surface area contributed by atoms with Crippen LogP contribution in [-0.4, -0.2) is 43.1 Å². The molecule has 2 N–H and O–H groups in total. The Hall–Kier alpha value is -2.57. The number of benzene rings is 2. The Morgan fingerprint density at radius 2 is 1.83 bits per heavy atom. The van der Waals surface area contributed by atoms with Gasteiger partial charge in [-0.3, -0.25) is 5.21 Å². The fourth-order valence-electron chi connectivity index (χ4n) is 3.17. The monoisotopic (exact) mass is 414 g/mol. The van der Waals surface area contributed by atoms with Crippen LogP contribution in [0.2, 0.25) is 0 Å². The highest BCUT2D eigenvalue weighted by Gasteiger charge is 2.31. The maximum atomic E-state index is 12.4. The Bertz CT molecular complexity index is 774. The summed E-state index contributed by atoms with van der Waals surface area (Å²) in [4.78, 5) is 12.4. The van der Waals surface area contributed by atoms with Gasteiger partial charge in [0, 0.05) is 5.41 Å². The number of carbonyl (C=O) groups is 1. The lowest BCUT2D eigenvalue weighted by atomic mass is 9.84. The van der Waals surface area contributed by atoms with Gasteiger partial charge in [0.15, 0.2) is 0 Å². The highest BCUT2D eigenvalue weighted by molar-refractivity contribution is 5.66. The second kappa shape index (κ2) is 11.6. The number of nitrogens with one attached hydrogen (secondary N) is 1. The van der Waals surface area contributed by atoms with Crippen molar-refractivity contribution in [3.63, 3.8) is 0 Å². The zero-order valence-electron chi connectivity index (χ0n) is 18.4. The first-order valence-electron chi connectivity index (χ1n) is 10.4. The van der Waals surface area contributed by atoms with Crippen LogP contribution in [0.4, 0.5) is 4.79 Å². The van der Waals surface area contributed by atoms with Gasteiger partial charge in [0.2, 0.25) is 0 Å². The Morgan fingerprint density at radius 3 is 2.50 bits per heavy atom. The third-order valence-corrected chi connectivity index (χ3v) is 4.77. The predicted octanol–water partition coefficient (Wildman–Crippen LogP) is 4.83. The van der Waals surface area contributed by atoms with Gasteiger partial charge in [0.05, 0.1) is 13.7 Å². The summed E-state index contributed by atoms with van der Waals surface area (Å²) in [6.07, 6.45) is 0.332. The molecule has 6 heteroatoms. The highest BCUT2D eigenvalue weighted by atomic mass is 16.6. The van der Waals surface area contributed by atoms with E-state index in [1.165, 1.54) is 5.56 Å². The van der Waals surface area contributed by atoms with Crippen molar-refractivity contribution in [3.8, 4) is 5.75 Å². The van der Waals surface area contributed by atoms with E-state index in [0.29, 0.717) is 18.0 Å². The van der Waals surface area contributed by atoms with Crippen molar-refractivity contribution in [1.29, 1.82) is 0 Å². The van der Waals surface area contributed by atoms with Crippen LogP contribution >= 0.6 is 0 Å². The molecule has 0 aliphatic heterocycles. The van der Waals surface area contributed by atoms with Crippen molar-refractivity contribution >= 4 is 6.09 Å². The first kappa shape index (κ1) is 23.7. The molecular weight excluding hydrogens is 380 g/mol. The standard InChI is InChI=1S/C24H34N2O4/c1-24(2,3)22(20-11-6-5-7-12-20)30-23(27)26(28)17-9-15-25-16-14-19-10-8-13-21(18-19)29-4/h5-8,10-13,18,22,25,28H,9,14-17H2,1-4H3. The summed E-state index contributed by atoms with van der Waals surface area (Å²) in [5.74, 6) is 0.853. The van der Waals surface area contributed by atoms with E-state index in [1.807, 2.05) is 69.3 Å². The third-order valence-electron chi connectivity index (χ3n) is 4.77. The maximum absolute atomic E-state index is 12.4. The van der Waals surface area contributed by atoms with Crippen LogP contribution < -0.4 is 10.1 Å². The fourth-order valence-corrected chi connectivity index (χ4v) is 3.17. The van der Waals surface area contributed by atoms with Gasteiger partial charge in [-0.2, -0.15) is 5.06 Å². The molecule has 0 saturated heterocycles. The number of methoxy groups -OCH3 is 1. The highest BCUT2D eigenvalue weighted by Crippen LogP contribution is 2.36. The third kappa shape index (κ3) is 7.69. The number of carbonyl (C=O) groups excluding carboxylic acids is 1. The Balaban J connectivity index is 1.72. The first-order valence-corrected chi connectivity index (χ1v) is 10.4. The molecule has 0 aromatic heterocycles. The Morgan fingerprint density at radius 1 is 1.10 bits per heavy atom. The average molecular weight is 415 g/mol. The van der Waals surface area contributed by atoms with E-state index in [4.69, 9.17) is 9.47 Å². The minimum Gasteiger partial charge on any atom is -0.497 e. The lowest BCUT2D eigenvalue weighted by Crippen LogP contribution is -2.34. The minimum atomic E-state index is -0.727. The second-order valence-corrected chi connectivity index (χ2v) is 8.37. The quantitative estimate of drug-likeness (QED) is 0.331. The summed E-state index contributed by atoms with van der Waals surface area (Å²) >= 11 is 0. The molecule has 6 nitrogen and oxygen atoms in total. The molecule has 0 heterocycles. The maximum Gasteiger partial charge on any atom is 0.434 e. The van der Waals surface area contributed by atoms with Gasteiger partial charge < -0.3 is 14.8 Å². The lowest BCUT2D eigenvalue weighted by Gasteiger charge is -2.31. The summed E-state index contributed by atoms with van der Waals surface area (Å²) in [5, 5.41) is 14.1. The molecule has 0 spiro atoms. The first-order chi connectivity index (χ1) is 14.3. The molecule has 0 saturated carbocycles. The molecule has 0 aliphatic rings. The zero-order chi connectivity index (χ0) is 22.0. The number of hydrogen-bond donors (Lipinski definition) is 2. The smallest absolute Gasteiger partial charge is 0.434 e. The molecule has 164 valence electrons. The van der Waals surface area contributed by atoms with Crippen LogP contribution in [-0.2, 0) is 11.2 Å². The topological polar surface area (TPSA) is 71.0 Å². The Kier molecular flexibility index (Phi) is 9.15. The Labute approximate surface area is 179 Å². The number of rotatable bonds is 10. The lowest BCUT2D eigenvalue weighted by molar-refractivity contribution is -0.0959. The van der Waals surface area contributed by atoms with Crippen LogP contribution in [0.1, 0.15) is 44.4 Å². The number of nitrogens with zero attached hydrogens (tertiary/aromatic N) is 1. The SMILES string of the molecule is COc1cccc(CCNCCCN(O)C(=O)OC(c2ccccc2)C(C)(C)C)c1. The molecule has 1 amide bonds. The molecule has 0 aliphatic carbocycles. The minimum absolute atomic E-state index is 0.205. The summed E-state index contributed by atoms with van der Waals surface area (Å²) in [7, 11) is 1.66. The predicted molar refractivity (Wildman–Crippen MR) is 118 cm³/mol. The summed E-state index contributed by atoms with van der Waals surface area (Å²) in [6, 6.07) is 17.6. The van der Waals surface area contributed by atoms with Crippen LogP contribution in [0.25, 0.3) is 0 Å². The van der Waals surface area contributed by atoms with Gasteiger partial charge in [-0.15, -0.1) is 0 Å². The molecule has 1 atom stereocenters. The molecule has 0 bridgehead atoms. The largest absolute Gasteiger partial charge is 0.497 e. The average Bonchev–Trinajstić information content (AvgIpc) is 2.74. The van der Waals surface area contributed by atoms with E-state index in [9.17, 15) is 10.0 Å². The van der Waals surface area contributed by atoms with E-state index < -0.39 is 12.2 Å². The summed E-state index contributed by atoms with van der Waals surface area (Å²) in [6.45, 7) is 7.72. The number of amides is 1. The normalized spacial score (nSPS) is 12.3.